The number of hydrogen-bond acceptors (Lipinski definition) is 6. The van der Waals surface area contributed by atoms with E-state index in [1.807, 2.05) is 41.8 Å². The number of likely N-dealkylation sites (N-methyl/N-ethyl adjacent to an activating group) is 1. The van der Waals surface area contributed by atoms with Gasteiger partial charge < -0.3 is 10.2 Å². The number of amides is 2. The standard InChI is InChI=1S/C18H18N4O2S2/c1-22(2)16(24)10-19-15(23)11-26-18-12-6-3-4-7-13(12)20-17(21-18)14-8-5-9-25-14/h3-9H,10-11H2,1-2H3,(H,19,23). The first kappa shape index (κ1) is 18.3. The van der Waals surface area contributed by atoms with E-state index in [9.17, 15) is 9.59 Å². The first-order chi connectivity index (χ1) is 12.5. The van der Waals surface area contributed by atoms with E-state index in [0.717, 1.165) is 20.8 Å². The lowest BCUT2D eigenvalue weighted by molar-refractivity contribution is -0.130. The number of para-hydroxylation sites is 1. The lowest BCUT2D eigenvalue weighted by Crippen LogP contribution is -2.36. The summed E-state index contributed by atoms with van der Waals surface area (Å²) < 4.78 is 0. The maximum Gasteiger partial charge on any atom is 0.241 e. The van der Waals surface area contributed by atoms with Crippen LogP contribution in [0.25, 0.3) is 21.6 Å². The van der Waals surface area contributed by atoms with E-state index in [2.05, 4.69) is 15.3 Å². The number of thioether (sulfide) groups is 1. The second-order valence-electron chi connectivity index (χ2n) is 5.70. The average molecular weight is 387 g/mol. The van der Waals surface area contributed by atoms with Gasteiger partial charge in [0.25, 0.3) is 0 Å². The Bertz CT molecular complexity index is 926. The molecule has 0 radical (unpaired) electrons. The fourth-order valence-corrected chi connectivity index (χ4v) is 3.70. The van der Waals surface area contributed by atoms with Crippen LogP contribution in [0.2, 0.25) is 0 Å². The minimum atomic E-state index is -0.203. The van der Waals surface area contributed by atoms with Gasteiger partial charge in [-0.15, -0.1) is 11.3 Å². The molecule has 3 rings (SSSR count). The SMILES string of the molecule is CN(C)C(=O)CNC(=O)CSc1nc(-c2cccs2)nc2ccccc12. The first-order valence-electron chi connectivity index (χ1n) is 7.95. The van der Waals surface area contributed by atoms with Crippen LogP contribution < -0.4 is 5.32 Å². The van der Waals surface area contributed by atoms with Gasteiger partial charge in [0.1, 0.15) is 5.03 Å². The molecule has 1 aromatic carbocycles. The number of fused-ring (bicyclic) bond motifs is 1. The maximum absolute atomic E-state index is 12.0. The molecule has 6 nitrogen and oxygen atoms in total. The van der Waals surface area contributed by atoms with Crippen molar-refractivity contribution >= 4 is 45.8 Å². The van der Waals surface area contributed by atoms with E-state index in [-0.39, 0.29) is 24.1 Å². The third-order valence-electron chi connectivity index (χ3n) is 3.59. The van der Waals surface area contributed by atoms with E-state index < -0.39 is 0 Å². The van der Waals surface area contributed by atoms with Crippen LogP contribution in [0.15, 0.2) is 46.8 Å². The van der Waals surface area contributed by atoms with Crippen LogP contribution in [-0.4, -0.2) is 53.1 Å². The molecule has 3 aromatic rings. The largest absolute Gasteiger partial charge is 0.347 e. The molecular formula is C18H18N4O2S2. The monoisotopic (exact) mass is 386 g/mol. The summed E-state index contributed by atoms with van der Waals surface area (Å²) in [5.41, 5.74) is 0.844. The van der Waals surface area contributed by atoms with E-state index in [0.29, 0.717) is 5.82 Å². The quantitative estimate of drug-likeness (QED) is 0.521. The Morgan fingerprint density at radius 1 is 1.15 bits per heavy atom. The number of aromatic nitrogens is 2. The van der Waals surface area contributed by atoms with Crippen LogP contribution in [-0.2, 0) is 9.59 Å². The van der Waals surface area contributed by atoms with Gasteiger partial charge in [0, 0.05) is 19.5 Å². The number of carbonyl (C=O) groups excluding carboxylic acids is 2. The van der Waals surface area contributed by atoms with E-state index >= 15 is 0 Å². The van der Waals surface area contributed by atoms with Gasteiger partial charge >= 0.3 is 0 Å². The maximum atomic E-state index is 12.0. The van der Waals surface area contributed by atoms with Crippen molar-refractivity contribution in [3.8, 4) is 10.7 Å². The molecule has 0 atom stereocenters. The molecule has 0 unspecified atom stereocenters. The van der Waals surface area contributed by atoms with E-state index in [4.69, 9.17) is 0 Å². The number of carbonyl (C=O) groups is 2. The number of nitrogens with zero attached hydrogens (tertiary/aromatic N) is 3. The van der Waals surface area contributed by atoms with Crippen molar-refractivity contribution < 1.29 is 9.59 Å². The summed E-state index contributed by atoms with van der Waals surface area (Å²) in [5, 5.41) is 6.28. The van der Waals surface area contributed by atoms with Crippen LogP contribution in [0.1, 0.15) is 0 Å². The summed E-state index contributed by atoms with van der Waals surface area (Å²) in [4.78, 5) is 35.3. The molecule has 0 saturated carbocycles. The predicted octanol–water partition coefficient (Wildman–Crippen LogP) is 2.65. The number of hydrogen-bond donors (Lipinski definition) is 1. The van der Waals surface area contributed by atoms with Gasteiger partial charge in [0.05, 0.1) is 22.7 Å². The van der Waals surface area contributed by atoms with Gasteiger partial charge in [0.2, 0.25) is 11.8 Å². The van der Waals surface area contributed by atoms with Crippen molar-refractivity contribution in [2.45, 2.75) is 5.03 Å². The predicted molar refractivity (Wildman–Crippen MR) is 105 cm³/mol. The molecule has 1 N–H and O–H groups in total. The molecule has 0 bridgehead atoms. The highest BCUT2D eigenvalue weighted by atomic mass is 32.2. The molecule has 2 heterocycles. The van der Waals surface area contributed by atoms with Crippen molar-refractivity contribution in [3.05, 3.63) is 41.8 Å². The highest BCUT2D eigenvalue weighted by Gasteiger charge is 2.13. The summed E-state index contributed by atoms with van der Waals surface area (Å²) in [6.07, 6.45) is 0. The van der Waals surface area contributed by atoms with E-state index in [1.54, 1.807) is 25.4 Å². The average Bonchev–Trinajstić information content (AvgIpc) is 3.18. The molecule has 26 heavy (non-hydrogen) atoms. The zero-order valence-electron chi connectivity index (χ0n) is 14.4. The lowest BCUT2D eigenvalue weighted by atomic mass is 10.2. The summed E-state index contributed by atoms with van der Waals surface area (Å²) in [7, 11) is 3.31. The summed E-state index contributed by atoms with van der Waals surface area (Å²) in [6, 6.07) is 11.7. The Morgan fingerprint density at radius 3 is 2.69 bits per heavy atom. The zero-order valence-corrected chi connectivity index (χ0v) is 16.1. The Hall–Kier alpha value is -2.45. The fraction of sp³-hybridized carbons (Fsp3) is 0.222. The first-order valence-corrected chi connectivity index (χ1v) is 9.81. The highest BCUT2D eigenvalue weighted by molar-refractivity contribution is 8.00. The second kappa shape index (κ2) is 8.29. The van der Waals surface area contributed by atoms with Gasteiger partial charge in [0.15, 0.2) is 5.82 Å². The number of benzene rings is 1. The Kier molecular flexibility index (Phi) is 5.85. The summed E-state index contributed by atoms with van der Waals surface area (Å²) in [5.74, 6) is 0.497. The third-order valence-corrected chi connectivity index (χ3v) is 5.44. The van der Waals surface area contributed by atoms with Crippen LogP contribution >= 0.6 is 23.1 Å². The van der Waals surface area contributed by atoms with Crippen molar-refractivity contribution in [3.63, 3.8) is 0 Å². The highest BCUT2D eigenvalue weighted by Crippen LogP contribution is 2.29. The number of rotatable bonds is 6. The third kappa shape index (κ3) is 4.39. The smallest absolute Gasteiger partial charge is 0.241 e. The topological polar surface area (TPSA) is 75.2 Å². The molecule has 0 spiro atoms. The van der Waals surface area contributed by atoms with Gasteiger partial charge in [-0.25, -0.2) is 9.97 Å². The minimum Gasteiger partial charge on any atom is -0.347 e. The Labute approximate surface area is 159 Å². The molecule has 8 heteroatoms. The second-order valence-corrected chi connectivity index (χ2v) is 7.61. The van der Waals surface area contributed by atoms with Crippen molar-refractivity contribution in [1.29, 1.82) is 0 Å². The fourth-order valence-electron chi connectivity index (χ4n) is 2.19. The molecule has 2 aromatic heterocycles. The molecule has 0 saturated heterocycles. The van der Waals surface area contributed by atoms with Crippen LogP contribution in [0.4, 0.5) is 0 Å². The molecular weight excluding hydrogens is 368 g/mol. The molecule has 0 aliphatic carbocycles. The normalized spacial score (nSPS) is 10.7. The molecule has 0 aliphatic rings. The number of thiophene rings is 1. The molecule has 0 fully saturated rings. The van der Waals surface area contributed by atoms with Crippen molar-refractivity contribution in [2.75, 3.05) is 26.4 Å². The van der Waals surface area contributed by atoms with Gasteiger partial charge in [-0.05, 0) is 17.5 Å². The van der Waals surface area contributed by atoms with Crippen LogP contribution in [0, 0.1) is 0 Å². The summed E-state index contributed by atoms with van der Waals surface area (Å²) >= 11 is 2.92. The van der Waals surface area contributed by atoms with E-state index in [1.165, 1.54) is 16.7 Å². The zero-order chi connectivity index (χ0) is 18.5. The van der Waals surface area contributed by atoms with Crippen LogP contribution in [0.5, 0.6) is 0 Å². The van der Waals surface area contributed by atoms with Gasteiger partial charge in [-0.1, -0.05) is 36.0 Å². The van der Waals surface area contributed by atoms with Crippen molar-refractivity contribution in [1.82, 2.24) is 20.2 Å². The summed E-state index contributed by atoms with van der Waals surface area (Å²) in [6.45, 7) is -0.00262. The molecule has 134 valence electrons. The lowest BCUT2D eigenvalue weighted by Gasteiger charge is -2.11. The van der Waals surface area contributed by atoms with Gasteiger partial charge in [-0.3, -0.25) is 9.59 Å². The van der Waals surface area contributed by atoms with Crippen LogP contribution in [0.3, 0.4) is 0 Å². The van der Waals surface area contributed by atoms with Crippen molar-refractivity contribution in [2.24, 2.45) is 0 Å². The number of nitrogens with one attached hydrogen (secondary N) is 1. The Morgan fingerprint density at radius 2 is 1.96 bits per heavy atom. The molecule has 0 aliphatic heterocycles. The van der Waals surface area contributed by atoms with Gasteiger partial charge in [-0.2, -0.15) is 0 Å². The Balaban J connectivity index is 1.76. The molecule has 2 amide bonds. The minimum absolute atomic E-state index is 0.00262.